The van der Waals surface area contributed by atoms with E-state index >= 15 is 0 Å². The van der Waals surface area contributed by atoms with Crippen LogP contribution in [0.4, 0.5) is 0 Å². The molecular weight excluding hydrogens is 212 g/mol. The smallest absolute Gasteiger partial charge is 0.209 e. The van der Waals surface area contributed by atoms with E-state index in [1.54, 1.807) is 0 Å². The van der Waals surface area contributed by atoms with Crippen LogP contribution in [0.15, 0.2) is 28.7 Å². The van der Waals surface area contributed by atoms with Gasteiger partial charge in [-0.25, -0.2) is 4.98 Å². The van der Waals surface area contributed by atoms with Crippen LogP contribution in [-0.4, -0.2) is 22.5 Å². The number of fused-ring (bicyclic) bond motifs is 1. The molecule has 0 N–H and O–H groups in total. The van der Waals surface area contributed by atoms with Crippen LogP contribution in [0.5, 0.6) is 0 Å². The molecule has 3 heteroatoms. The Morgan fingerprint density at radius 1 is 1.35 bits per heavy atom. The van der Waals surface area contributed by atoms with Crippen molar-refractivity contribution in [3.63, 3.8) is 0 Å². The molecule has 3 rings (SSSR count). The van der Waals surface area contributed by atoms with Crippen LogP contribution >= 0.6 is 0 Å². The lowest BCUT2D eigenvalue weighted by Gasteiger charge is -2.32. The number of para-hydroxylation sites is 2. The van der Waals surface area contributed by atoms with E-state index in [9.17, 15) is 0 Å². The van der Waals surface area contributed by atoms with Crippen LogP contribution in [0.25, 0.3) is 11.1 Å². The van der Waals surface area contributed by atoms with Gasteiger partial charge in [0.25, 0.3) is 0 Å². The standard InChI is InChI=1S/C14H18N2O/c1-11-6-4-5-9-16(11)10-14-15-12-7-2-3-8-13(12)17-14/h2-3,7-8,11H,4-6,9-10H2,1H3. The summed E-state index contributed by atoms with van der Waals surface area (Å²) in [5.41, 5.74) is 1.86. The van der Waals surface area contributed by atoms with Gasteiger partial charge in [-0.3, -0.25) is 4.90 Å². The van der Waals surface area contributed by atoms with Gasteiger partial charge in [0.1, 0.15) is 5.52 Å². The molecule has 1 aliphatic heterocycles. The Morgan fingerprint density at radius 2 is 2.24 bits per heavy atom. The summed E-state index contributed by atoms with van der Waals surface area (Å²) >= 11 is 0. The molecule has 0 spiro atoms. The molecule has 2 aromatic rings. The van der Waals surface area contributed by atoms with Gasteiger partial charge in [0, 0.05) is 6.04 Å². The van der Waals surface area contributed by atoms with E-state index in [2.05, 4.69) is 16.8 Å². The number of benzene rings is 1. The molecule has 1 saturated heterocycles. The normalized spacial score (nSPS) is 22.1. The number of piperidine rings is 1. The molecule has 90 valence electrons. The third kappa shape index (κ3) is 2.20. The zero-order valence-electron chi connectivity index (χ0n) is 10.2. The minimum atomic E-state index is 0.652. The maximum atomic E-state index is 5.77. The Balaban J connectivity index is 1.79. The quantitative estimate of drug-likeness (QED) is 0.793. The molecule has 1 atom stereocenters. The van der Waals surface area contributed by atoms with Crippen LogP contribution < -0.4 is 0 Å². The lowest BCUT2D eigenvalue weighted by Crippen LogP contribution is -2.36. The zero-order chi connectivity index (χ0) is 11.7. The van der Waals surface area contributed by atoms with Gasteiger partial charge in [-0.05, 0) is 38.4 Å². The van der Waals surface area contributed by atoms with E-state index in [0.717, 1.165) is 23.5 Å². The largest absolute Gasteiger partial charge is 0.439 e. The van der Waals surface area contributed by atoms with Crippen LogP contribution in [0.3, 0.4) is 0 Å². The number of hydrogen-bond donors (Lipinski definition) is 0. The van der Waals surface area contributed by atoms with Crippen molar-refractivity contribution < 1.29 is 4.42 Å². The fourth-order valence-electron chi connectivity index (χ4n) is 2.55. The van der Waals surface area contributed by atoms with Gasteiger partial charge in [0.05, 0.1) is 6.54 Å². The monoisotopic (exact) mass is 230 g/mol. The Hall–Kier alpha value is -1.35. The van der Waals surface area contributed by atoms with Crippen molar-refractivity contribution in [2.75, 3.05) is 6.54 Å². The Kier molecular flexibility index (Phi) is 2.85. The fourth-order valence-corrected chi connectivity index (χ4v) is 2.55. The first kappa shape index (κ1) is 10.8. The lowest BCUT2D eigenvalue weighted by atomic mass is 10.0. The highest BCUT2D eigenvalue weighted by molar-refractivity contribution is 5.72. The Bertz CT molecular complexity index is 473. The van der Waals surface area contributed by atoms with E-state index in [1.165, 1.54) is 25.8 Å². The average Bonchev–Trinajstić information content (AvgIpc) is 2.74. The van der Waals surface area contributed by atoms with Crippen molar-refractivity contribution in [2.45, 2.75) is 38.8 Å². The van der Waals surface area contributed by atoms with Crippen LogP contribution in [0.1, 0.15) is 32.1 Å². The maximum Gasteiger partial charge on any atom is 0.209 e. The SMILES string of the molecule is CC1CCCCN1Cc1nc2ccccc2o1. The minimum Gasteiger partial charge on any atom is -0.439 e. The van der Waals surface area contributed by atoms with Gasteiger partial charge in [0.2, 0.25) is 5.89 Å². The Labute approximate surface area is 101 Å². The van der Waals surface area contributed by atoms with Crippen molar-refractivity contribution in [3.05, 3.63) is 30.2 Å². The number of hydrogen-bond acceptors (Lipinski definition) is 3. The molecule has 1 aromatic heterocycles. The summed E-state index contributed by atoms with van der Waals surface area (Å²) in [6.45, 7) is 4.30. The summed E-state index contributed by atoms with van der Waals surface area (Å²) < 4.78 is 5.77. The van der Waals surface area contributed by atoms with Gasteiger partial charge in [-0.15, -0.1) is 0 Å². The highest BCUT2D eigenvalue weighted by Crippen LogP contribution is 2.21. The second-order valence-electron chi connectivity index (χ2n) is 4.89. The van der Waals surface area contributed by atoms with Crippen molar-refractivity contribution in [3.8, 4) is 0 Å². The highest BCUT2D eigenvalue weighted by Gasteiger charge is 2.20. The molecule has 0 saturated carbocycles. The zero-order valence-corrected chi connectivity index (χ0v) is 10.2. The summed E-state index contributed by atoms with van der Waals surface area (Å²) in [6.07, 6.45) is 3.94. The predicted octanol–water partition coefficient (Wildman–Crippen LogP) is 3.20. The summed E-state index contributed by atoms with van der Waals surface area (Å²) in [7, 11) is 0. The van der Waals surface area contributed by atoms with Crippen molar-refractivity contribution in [2.24, 2.45) is 0 Å². The first-order valence-electron chi connectivity index (χ1n) is 6.41. The molecule has 17 heavy (non-hydrogen) atoms. The number of oxazole rings is 1. The van der Waals surface area contributed by atoms with Gasteiger partial charge in [-0.2, -0.15) is 0 Å². The first-order chi connectivity index (χ1) is 8.33. The molecule has 0 amide bonds. The van der Waals surface area contributed by atoms with E-state index in [1.807, 2.05) is 24.3 Å². The maximum absolute atomic E-state index is 5.77. The molecule has 1 aliphatic rings. The summed E-state index contributed by atoms with van der Waals surface area (Å²) in [4.78, 5) is 7.00. The second-order valence-corrected chi connectivity index (χ2v) is 4.89. The number of aromatic nitrogens is 1. The molecule has 1 fully saturated rings. The predicted molar refractivity (Wildman–Crippen MR) is 67.7 cm³/mol. The molecule has 2 heterocycles. The van der Waals surface area contributed by atoms with Crippen LogP contribution in [0.2, 0.25) is 0 Å². The summed E-state index contributed by atoms with van der Waals surface area (Å²) in [5.74, 6) is 0.847. The van der Waals surface area contributed by atoms with Crippen LogP contribution in [0, 0.1) is 0 Å². The lowest BCUT2D eigenvalue weighted by molar-refractivity contribution is 0.140. The van der Waals surface area contributed by atoms with Crippen molar-refractivity contribution >= 4 is 11.1 Å². The summed E-state index contributed by atoms with van der Waals surface area (Å²) in [5, 5.41) is 0. The van der Waals surface area contributed by atoms with Gasteiger partial charge < -0.3 is 4.42 Å². The average molecular weight is 230 g/mol. The number of rotatable bonds is 2. The van der Waals surface area contributed by atoms with Crippen molar-refractivity contribution in [1.82, 2.24) is 9.88 Å². The molecule has 0 bridgehead atoms. The first-order valence-corrected chi connectivity index (χ1v) is 6.41. The van der Waals surface area contributed by atoms with E-state index in [4.69, 9.17) is 4.42 Å². The third-order valence-corrected chi connectivity index (χ3v) is 3.62. The molecule has 3 nitrogen and oxygen atoms in total. The van der Waals surface area contributed by atoms with E-state index in [0.29, 0.717) is 6.04 Å². The minimum absolute atomic E-state index is 0.652. The van der Waals surface area contributed by atoms with Gasteiger partial charge in [-0.1, -0.05) is 18.6 Å². The molecule has 0 aliphatic carbocycles. The highest BCUT2D eigenvalue weighted by atomic mass is 16.3. The molecule has 0 radical (unpaired) electrons. The van der Waals surface area contributed by atoms with E-state index < -0.39 is 0 Å². The fraction of sp³-hybridized carbons (Fsp3) is 0.500. The molecule has 1 unspecified atom stereocenters. The second kappa shape index (κ2) is 4.49. The summed E-state index contributed by atoms with van der Waals surface area (Å²) in [6, 6.07) is 8.62. The number of likely N-dealkylation sites (tertiary alicyclic amines) is 1. The van der Waals surface area contributed by atoms with Gasteiger partial charge >= 0.3 is 0 Å². The molecule has 1 aromatic carbocycles. The number of nitrogens with zero attached hydrogens (tertiary/aromatic N) is 2. The van der Waals surface area contributed by atoms with Crippen molar-refractivity contribution in [1.29, 1.82) is 0 Å². The third-order valence-electron chi connectivity index (χ3n) is 3.62. The van der Waals surface area contributed by atoms with E-state index in [-0.39, 0.29) is 0 Å². The van der Waals surface area contributed by atoms with Crippen LogP contribution in [-0.2, 0) is 6.54 Å². The Morgan fingerprint density at radius 3 is 3.06 bits per heavy atom. The molecular formula is C14H18N2O. The van der Waals surface area contributed by atoms with Gasteiger partial charge in [0.15, 0.2) is 5.58 Å². The topological polar surface area (TPSA) is 29.3 Å².